The third-order valence-electron chi connectivity index (χ3n) is 7.28. The van der Waals surface area contributed by atoms with Crippen molar-refractivity contribution in [3.63, 3.8) is 0 Å². The fraction of sp³-hybridized carbons (Fsp3) is 0.833. The van der Waals surface area contributed by atoms with Crippen molar-refractivity contribution in [2.45, 2.75) is 66.0 Å². The van der Waals surface area contributed by atoms with E-state index in [1.165, 1.54) is 11.1 Å². The molecule has 0 aliphatic heterocycles. The number of likely N-dealkylation sites (N-methyl/N-ethyl adjacent to an activating group) is 2. The highest BCUT2D eigenvalue weighted by Gasteiger charge is 2.22. The van der Waals surface area contributed by atoms with E-state index in [0.717, 1.165) is 34.3 Å². The highest BCUT2D eigenvalue weighted by atomic mass is 16.6. The molecule has 0 fully saturated rings. The van der Waals surface area contributed by atoms with Crippen molar-refractivity contribution in [1.29, 1.82) is 0 Å². The minimum Gasteiger partial charge on any atom is -0.377 e. The SMILES string of the molecule is Cc1ccc(N(CC(COC(C)C)OCCOCCOCC[N+](C)(C)C)CC(COC(C)C)OCCOCC[N+](C)(C)C)cc1C. The lowest BCUT2D eigenvalue weighted by Crippen LogP contribution is -2.44. The van der Waals surface area contributed by atoms with Gasteiger partial charge in [-0.1, -0.05) is 6.07 Å². The normalized spacial score (nSPS) is 14.0. The zero-order valence-corrected chi connectivity index (χ0v) is 31.6. The predicted octanol–water partition coefficient (Wildman–Crippen LogP) is 4.19. The summed E-state index contributed by atoms with van der Waals surface area (Å²) in [4.78, 5) is 2.34. The highest BCUT2D eigenvalue weighted by molar-refractivity contribution is 5.51. The van der Waals surface area contributed by atoms with Gasteiger partial charge in [-0.15, -0.1) is 0 Å². The largest absolute Gasteiger partial charge is 0.377 e. The van der Waals surface area contributed by atoms with Gasteiger partial charge in [0.2, 0.25) is 0 Å². The molecule has 10 nitrogen and oxygen atoms in total. The van der Waals surface area contributed by atoms with Crippen LogP contribution in [0.1, 0.15) is 38.8 Å². The maximum Gasteiger partial charge on any atom is 0.102 e. The van der Waals surface area contributed by atoms with Crippen LogP contribution >= 0.6 is 0 Å². The summed E-state index contributed by atoms with van der Waals surface area (Å²) in [6.07, 6.45) is -0.0773. The number of hydrogen-bond donors (Lipinski definition) is 0. The van der Waals surface area contributed by atoms with Crippen LogP contribution < -0.4 is 4.90 Å². The summed E-state index contributed by atoms with van der Waals surface area (Å²) in [6.45, 7) is 21.3. The van der Waals surface area contributed by atoms with Crippen LogP contribution in [0.15, 0.2) is 18.2 Å². The first-order valence-electron chi connectivity index (χ1n) is 17.2. The molecule has 10 heteroatoms. The molecule has 0 saturated heterocycles. The van der Waals surface area contributed by atoms with Gasteiger partial charge in [0.15, 0.2) is 0 Å². The molecule has 0 amide bonds. The van der Waals surface area contributed by atoms with Gasteiger partial charge in [0.05, 0.1) is 133 Å². The number of anilines is 1. The fourth-order valence-corrected chi connectivity index (χ4v) is 4.25. The Kier molecular flexibility index (Phi) is 21.4. The Hall–Kier alpha value is -1.34. The summed E-state index contributed by atoms with van der Waals surface area (Å²) in [5, 5.41) is 0. The third kappa shape index (κ3) is 23.1. The lowest BCUT2D eigenvalue weighted by Gasteiger charge is -2.33. The Morgan fingerprint density at radius 2 is 0.957 bits per heavy atom. The lowest BCUT2D eigenvalue weighted by atomic mass is 10.1. The van der Waals surface area contributed by atoms with E-state index in [4.69, 9.17) is 33.2 Å². The molecular weight excluding hydrogens is 586 g/mol. The number of quaternary nitrogens is 2. The lowest BCUT2D eigenvalue weighted by molar-refractivity contribution is -0.870. The Morgan fingerprint density at radius 3 is 1.35 bits per heavy atom. The molecule has 270 valence electrons. The van der Waals surface area contributed by atoms with Crippen LogP contribution in [0.2, 0.25) is 0 Å². The van der Waals surface area contributed by atoms with E-state index in [1.807, 2.05) is 0 Å². The quantitative estimate of drug-likeness (QED) is 0.0983. The van der Waals surface area contributed by atoms with E-state index in [2.05, 4.69) is 107 Å². The van der Waals surface area contributed by atoms with Crippen molar-refractivity contribution in [3.05, 3.63) is 29.3 Å². The van der Waals surface area contributed by atoms with Crippen LogP contribution in [0.25, 0.3) is 0 Å². The van der Waals surface area contributed by atoms with Crippen LogP contribution in [-0.2, 0) is 33.2 Å². The first kappa shape index (κ1) is 42.7. The van der Waals surface area contributed by atoms with E-state index in [0.29, 0.717) is 72.6 Å². The van der Waals surface area contributed by atoms with Gasteiger partial charge in [0.25, 0.3) is 0 Å². The van der Waals surface area contributed by atoms with Gasteiger partial charge in [-0.3, -0.25) is 0 Å². The van der Waals surface area contributed by atoms with Crippen molar-refractivity contribution in [3.8, 4) is 0 Å². The summed E-state index contributed by atoms with van der Waals surface area (Å²) >= 11 is 0. The van der Waals surface area contributed by atoms with Crippen molar-refractivity contribution >= 4 is 5.69 Å². The molecule has 0 aromatic heterocycles. The van der Waals surface area contributed by atoms with Crippen LogP contribution in [-0.4, -0.2) is 168 Å². The molecule has 0 spiro atoms. The van der Waals surface area contributed by atoms with Gasteiger partial charge >= 0.3 is 0 Å². The van der Waals surface area contributed by atoms with Gasteiger partial charge in [0, 0.05) is 18.8 Å². The molecule has 0 bridgehead atoms. The Morgan fingerprint density at radius 1 is 0.543 bits per heavy atom. The van der Waals surface area contributed by atoms with E-state index in [9.17, 15) is 0 Å². The average molecular weight is 658 g/mol. The standard InChI is InChI=1S/C36H71N3O7/c1-30(2)45-28-35(43-23-21-41-18-16-39(10,11)12)26-37(34-14-13-32(5)33(6)25-34)27-36(29-46-31(3)4)44-24-22-42-20-19-40-17-15-38(7,8)9/h13-14,25,30-31,35-36H,15-24,26-29H2,1-12H3/q+2. The van der Waals surface area contributed by atoms with Gasteiger partial charge in [0.1, 0.15) is 13.1 Å². The van der Waals surface area contributed by atoms with Crippen LogP contribution in [0, 0.1) is 13.8 Å². The van der Waals surface area contributed by atoms with Gasteiger partial charge < -0.3 is 47.0 Å². The predicted molar refractivity (Wildman–Crippen MR) is 188 cm³/mol. The van der Waals surface area contributed by atoms with Gasteiger partial charge in [-0.2, -0.15) is 0 Å². The molecule has 0 radical (unpaired) electrons. The first-order valence-corrected chi connectivity index (χ1v) is 17.2. The number of rotatable bonds is 28. The van der Waals surface area contributed by atoms with E-state index in [-0.39, 0.29) is 24.4 Å². The van der Waals surface area contributed by atoms with Crippen molar-refractivity contribution < 1.29 is 42.1 Å². The average Bonchev–Trinajstić information content (AvgIpc) is 2.94. The molecule has 0 N–H and O–H groups in total. The zero-order chi connectivity index (χ0) is 34.6. The molecule has 46 heavy (non-hydrogen) atoms. The fourth-order valence-electron chi connectivity index (χ4n) is 4.25. The third-order valence-corrected chi connectivity index (χ3v) is 7.28. The number of nitrogens with zero attached hydrogens (tertiary/aromatic N) is 3. The molecule has 0 aliphatic rings. The Balaban J connectivity index is 2.89. The number of hydrogen-bond acceptors (Lipinski definition) is 8. The van der Waals surface area contributed by atoms with E-state index < -0.39 is 0 Å². The number of ether oxygens (including phenoxy) is 7. The zero-order valence-electron chi connectivity index (χ0n) is 31.6. The van der Waals surface area contributed by atoms with Gasteiger partial charge in [-0.05, 0) is 64.8 Å². The van der Waals surface area contributed by atoms with Gasteiger partial charge in [-0.25, -0.2) is 0 Å². The molecule has 2 unspecified atom stereocenters. The highest BCUT2D eigenvalue weighted by Crippen LogP contribution is 2.21. The second kappa shape index (κ2) is 23.1. The summed E-state index contributed by atoms with van der Waals surface area (Å²) in [5.41, 5.74) is 3.64. The number of aryl methyl sites for hydroxylation is 2. The summed E-state index contributed by atoms with van der Waals surface area (Å²) in [7, 11) is 13.0. The minimum absolute atomic E-state index is 0.105. The second-order valence-electron chi connectivity index (χ2n) is 14.8. The molecule has 0 saturated carbocycles. The second-order valence-corrected chi connectivity index (χ2v) is 14.8. The maximum absolute atomic E-state index is 6.38. The summed E-state index contributed by atoms with van der Waals surface area (Å²) in [6, 6.07) is 6.60. The number of benzene rings is 1. The first-order chi connectivity index (χ1) is 21.6. The van der Waals surface area contributed by atoms with Crippen molar-refractivity contribution in [2.24, 2.45) is 0 Å². The smallest absolute Gasteiger partial charge is 0.102 e. The topological polar surface area (TPSA) is 67.9 Å². The van der Waals surface area contributed by atoms with Crippen molar-refractivity contribution in [2.75, 3.05) is 139 Å². The molecule has 1 aromatic rings. The maximum atomic E-state index is 6.38. The Bertz CT molecular complexity index is 903. The van der Waals surface area contributed by atoms with Crippen LogP contribution in [0.3, 0.4) is 0 Å². The van der Waals surface area contributed by atoms with E-state index >= 15 is 0 Å². The molecule has 1 rings (SSSR count). The van der Waals surface area contributed by atoms with Crippen molar-refractivity contribution in [1.82, 2.24) is 0 Å². The summed E-state index contributed by atoms with van der Waals surface area (Å²) < 4.78 is 44.0. The minimum atomic E-state index is -0.154. The molecular formula is C36H71N3O7+2. The molecule has 1 aromatic carbocycles. The van der Waals surface area contributed by atoms with E-state index in [1.54, 1.807) is 0 Å². The van der Waals surface area contributed by atoms with Crippen LogP contribution in [0.4, 0.5) is 5.69 Å². The Labute approximate surface area is 282 Å². The molecule has 0 aliphatic carbocycles. The monoisotopic (exact) mass is 658 g/mol. The molecule has 2 atom stereocenters. The summed E-state index contributed by atoms with van der Waals surface area (Å²) in [5.74, 6) is 0. The molecule has 0 heterocycles. The van der Waals surface area contributed by atoms with Crippen LogP contribution in [0.5, 0.6) is 0 Å².